The Hall–Kier alpha value is -2.36. The van der Waals surface area contributed by atoms with E-state index in [2.05, 4.69) is 25.8 Å². The van der Waals surface area contributed by atoms with Gasteiger partial charge in [-0.3, -0.25) is 4.79 Å². The highest BCUT2D eigenvalue weighted by molar-refractivity contribution is 7.13. The van der Waals surface area contributed by atoms with Gasteiger partial charge in [-0.2, -0.15) is 0 Å². The maximum Gasteiger partial charge on any atom is 0.378 e. The van der Waals surface area contributed by atoms with E-state index in [4.69, 9.17) is 4.74 Å². The quantitative estimate of drug-likeness (QED) is 0.790. The van der Waals surface area contributed by atoms with Gasteiger partial charge in [-0.15, -0.1) is 16.4 Å². The number of nitrogens with one attached hydrogen (secondary N) is 1. The molecule has 1 amide bonds. The second kappa shape index (κ2) is 6.19. The molecule has 0 aliphatic rings. The van der Waals surface area contributed by atoms with Crippen LogP contribution in [0, 0.1) is 0 Å². The van der Waals surface area contributed by atoms with Crippen molar-refractivity contribution in [2.24, 2.45) is 0 Å². The van der Waals surface area contributed by atoms with E-state index in [1.54, 1.807) is 12.3 Å². The Bertz CT molecular complexity index is 622. The number of thiazole rings is 1. The van der Waals surface area contributed by atoms with E-state index in [1.165, 1.54) is 22.9 Å². The summed E-state index contributed by atoms with van der Waals surface area (Å²) in [4.78, 5) is 26.7. The Balaban J connectivity index is 2.10. The number of rotatable bonds is 5. The first-order valence-electron chi connectivity index (χ1n) is 5.75. The molecule has 0 aliphatic heterocycles. The van der Waals surface area contributed by atoms with Gasteiger partial charge in [0.1, 0.15) is 0 Å². The van der Waals surface area contributed by atoms with Gasteiger partial charge in [0.05, 0.1) is 18.8 Å². The fraction of sp³-hybridized carbons (Fsp3) is 0.400. The Morgan fingerprint density at radius 2 is 2.30 bits per heavy atom. The zero-order valence-electron chi connectivity index (χ0n) is 10.9. The number of carbonyl (C=O) groups is 2. The van der Waals surface area contributed by atoms with Crippen LogP contribution in [-0.4, -0.2) is 43.7 Å². The lowest BCUT2D eigenvalue weighted by atomic mass is 10.5. The van der Waals surface area contributed by atoms with Crippen molar-refractivity contribution >= 4 is 28.3 Å². The number of aromatic nitrogens is 5. The van der Waals surface area contributed by atoms with Crippen molar-refractivity contribution in [3.63, 3.8) is 0 Å². The summed E-state index contributed by atoms with van der Waals surface area (Å²) in [5.74, 6) is -0.767. The van der Waals surface area contributed by atoms with E-state index >= 15 is 0 Å². The van der Waals surface area contributed by atoms with E-state index in [1.807, 2.05) is 0 Å². The third kappa shape index (κ3) is 3.35. The van der Waals surface area contributed by atoms with Gasteiger partial charge in [-0.05, 0) is 17.4 Å². The first-order valence-corrected chi connectivity index (χ1v) is 6.63. The molecule has 2 rings (SSSR count). The average Bonchev–Trinajstić information content (AvgIpc) is 2.99. The summed E-state index contributed by atoms with van der Waals surface area (Å²) < 4.78 is 6.14. The Morgan fingerprint density at radius 1 is 1.50 bits per heavy atom. The number of tetrazole rings is 1. The molecular weight excluding hydrogens is 284 g/mol. The monoisotopic (exact) mass is 296 g/mol. The molecule has 0 unspecified atom stereocenters. The molecule has 1 N–H and O–H groups in total. The van der Waals surface area contributed by atoms with E-state index in [9.17, 15) is 9.59 Å². The van der Waals surface area contributed by atoms with Crippen molar-refractivity contribution in [1.29, 1.82) is 0 Å². The summed E-state index contributed by atoms with van der Waals surface area (Å²) in [6.45, 7) is 3.57. The van der Waals surface area contributed by atoms with Gasteiger partial charge in [-0.25, -0.2) is 14.5 Å². The van der Waals surface area contributed by atoms with E-state index in [0.717, 1.165) is 0 Å². The standard InChI is InChI=1S/C10H12N6O3S/c1-3-19-9(18)8-13-14-15-16(8)4-7-5-20-10(12-7)11-6(2)17/h5H,3-4H2,1-2H3,(H,11,12,17). The van der Waals surface area contributed by atoms with Crippen LogP contribution >= 0.6 is 11.3 Å². The molecule has 0 fully saturated rings. The second-order valence-corrected chi connectivity index (χ2v) is 4.56. The van der Waals surface area contributed by atoms with Crippen LogP contribution in [0.1, 0.15) is 30.2 Å². The lowest BCUT2D eigenvalue weighted by molar-refractivity contribution is -0.114. The minimum Gasteiger partial charge on any atom is -0.460 e. The predicted octanol–water partition coefficient (Wildman–Crippen LogP) is 0.313. The van der Waals surface area contributed by atoms with Crippen LogP contribution in [-0.2, 0) is 16.1 Å². The predicted molar refractivity (Wildman–Crippen MR) is 69.3 cm³/mol. The van der Waals surface area contributed by atoms with Crippen LogP contribution in [0.25, 0.3) is 0 Å². The van der Waals surface area contributed by atoms with Crippen LogP contribution in [0.4, 0.5) is 5.13 Å². The van der Waals surface area contributed by atoms with Gasteiger partial charge in [0.15, 0.2) is 5.13 Å². The molecule has 0 saturated heterocycles. The molecular formula is C10H12N6O3S. The van der Waals surface area contributed by atoms with Crippen molar-refractivity contribution in [3.05, 3.63) is 16.9 Å². The van der Waals surface area contributed by atoms with Crippen LogP contribution in [0.2, 0.25) is 0 Å². The number of hydrogen-bond donors (Lipinski definition) is 1. The van der Waals surface area contributed by atoms with E-state index < -0.39 is 5.97 Å². The maximum absolute atomic E-state index is 11.6. The number of ether oxygens (including phenoxy) is 1. The molecule has 0 radical (unpaired) electrons. The SMILES string of the molecule is CCOC(=O)c1nnnn1Cc1csc(NC(C)=O)n1. The Kier molecular flexibility index (Phi) is 4.35. The van der Waals surface area contributed by atoms with Crippen LogP contribution in [0.15, 0.2) is 5.38 Å². The number of esters is 1. The van der Waals surface area contributed by atoms with Crippen molar-refractivity contribution in [1.82, 2.24) is 25.2 Å². The molecule has 2 aromatic rings. The fourth-order valence-electron chi connectivity index (χ4n) is 1.39. The molecule has 106 valence electrons. The maximum atomic E-state index is 11.6. The largest absolute Gasteiger partial charge is 0.460 e. The molecule has 0 saturated carbocycles. The van der Waals surface area contributed by atoms with Crippen molar-refractivity contribution in [2.75, 3.05) is 11.9 Å². The summed E-state index contributed by atoms with van der Waals surface area (Å²) in [5, 5.41) is 15.6. The molecule has 2 heterocycles. The van der Waals surface area contributed by atoms with E-state index in [-0.39, 0.29) is 24.9 Å². The number of carbonyl (C=O) groups excluding carboxylic acids is 2. The van der Waals surface area contributed by atoms with Gasteiger partial charge in [0.25, 0.3) is 5.82 Å². The third-order valence-electron chi connectivity index (χ3n) is 2.14. The first-order chi connectivity index (χ1) is 9.60. The Morgan fingerprint density at radius 3 is 3.00 bits per heavy atom. The van der Waals surface area contributed by atoms with Gasteiger partial charge in [0, 0.05) is 12.3 Å². The smallest absolute Gasteiger partial charge is 0.378 e. The summed E-state index contributed by atoms with van der Waals surface area (Å²) in [6.07, 6.45) is 0. The molecule has 2 aromatic heterocycles. The summed E-state index contributed by atoms with van der Waals surface area (Å²) in [6, 6.07) is 0. The first kappa shape index (κ1) is 14.1. The summed E-state index contributed by atoms with van der Waals surface area (Å²) in [5.41, 5.74) is 0.636. The molecule has 0 spiro atoms. The molecule has 10 heteroatoms. The second-order valence-electron chi connectivity index (χ2n) is 3.71. The molecule has 0 bridgehead atoms. The van der Waals surface area contributed by atoms with Gasteiger partial charge in [0.2, 0.25) is 5.91 Å². The topological polar surface area (TPSA) is 112 Å². The highest BCUT2D eigenvalue weighted by Crippen LogP contribution is 2.16. The molecule has 0 aliphatic carbocycles. The van der Waals surface area contributed by atoms with Crippen molar-refractivity contribution < 1.29 is 14.3 Å². The van der Waals surface area contributed by atoms with Crippen LogP contribution < -0.4 is 5.32 Å². The summed E-state index contributed by atoms with van der Waals surface area (Å²) >= 11 is 1.28. The fourth-order valence-corrected chi connectivity index (χ4v) is 2.14. The highest BCUT2D eigenvalue weighted by Gasteiger charge is 2.17. The molecule has 0 atom stereocenters. The number of hydrogen-bond acceptors (Lipinski definition) is 8. The highest BCUT2D eigenvalue weighted by atomic mass is 32.1. The molecule has 0 aromatic carbocycles. The van der Waals surface area contributed by atoms with Gasteiger partial charge in [-0.1, -0.05) is 0 Å². The third-order valence-corrected chi connectivity index (χ3v) is 2.94. The average molecular weight is 296 g/mol. The number of amides is 1. The van der Waals surface area contributed by atoms with Crippen molar-refractivity contribution in [3.8, 4) is 0 Å². The lowest BCUT2D eigenvalue weighted by Gasteiger charge is -2.02. The summed E-state index contributed by atoms with van der Waals surface area (Å²) in [7, 11) is 0. The normalized spacial score (nSPS) is 10.3. The minimum atomic E-state index is -0.588. The Labute approximate surface area is 118 Å². The molecule has 20 heavy (non-hydrogen) atoms. The number of nitrogens with zero attached hydrogens (tertiary/aromatic N) is 5. The zero-order chi connectivity index (χ0) is 14.5. The van der Waals surface area contributed by atoms with Crippen LogP contribution in [0.3, 0.4) is 0 Å². The van der Waals surface area contributed by atoms with Gasteiger partial charge < -0.3 is 10.1 Å². The number of anilines is 1. The minimum absolute atomic E-state index is 0.0147. The lowest BCUT2D eigenvalue weighted by Crippen LogP contribution is -2.15. The van der Waals surface area contributed by atoms with Gasteiger partial charge >= 0.3 is 5.97 Å². The van der Waals surface area contributed by atoms with E-state index in [0.29, 0.717) is 10.8 Å². The van der Waals surface area contributed by atoms with Crippen LogP contribution in [0.5, 0.6) is 0 Å². The molecule has 9 nitrogen and oxygen atoms in total. The zero-order valence-corrected chi connectivity index (χ0v) is 11.7. The van der Waals surface area contributed by atoms with Crippen molar-refractivity contribution in [2.45, 2.75) is 20.4 Å².